The van der Waals surface area contributed by atoms with E-state index >= 15 is 0 Å². The maximum Gasteiger partial charge on any atom is 0.272 e. The molecule has 0 saturated heterocycles. The fourth-order valence-corrected chi connectivity index (χ4v) is 3.77. The first kappa shape index (κ1) is 17.6. The number of halogens is 1. The lowest BCUT2D eigenvalue weighted by molar-refractivity contribution is 0.0733. The maximum atomic E-state index is 13.0. The normalized spacial score (nSPS) is 12.3. The van der Waals surface area contributed by atoms with E-state index in [0.717, 1.165) is 21.9 Å². The molecule has 0 bridgehead atoms. The molecule has 1 atom stereocenters. The van der Waals surface area contributed by atoms with Crippen LogP contribution in [0.3, 0.4) is 0 Å². The van der Waals surface area contributed by atoms with E-state index in [1.165, 1.54) is 17.7 Å². The van der Waals surface area contributed by atoms with Crippen LogP contribution >= 0.6 is 22.9 Å². The van der Waals surface area contributed by atoms with E-state index in [1.54, 1.807) is 18.1 Å². The van der Waals surface area contributed by atoms with E-state index in [-0.39, 0.29) is 11.9 Å². The number of carbonyl (C=O) groups is 1. The van der Waals surface area contributed by atoms with Crippen molar-refractivity contribution in [1.29, 1.82) is 0 Å². The van der Waals surface area contributed by atoms with E-state index in [4.69, 9.17) is 11.6 Å². The van der Waals surface area contributed by atoms with Gasteiger partial charge in [-0.3, -0.25) is 9.20 Å². The molecule has 1 aromatic carbocycles. The summed E-state index contributed by atoms with van der Waals surface area (Å²) in [5, 5.41) is 2.51. The zero-order valence-electron chi connectivity index (χ0n) is 14.7. The highest BCUT2D eigenvalue weighted by Crippen LogP contribution is 2.26. The summed E-state index contributed by atoms with van der Waals surface area (Å²) in [5.41, 5.74) is 3.13. The first-order valence-electron chi connectivity index (χ1n) is 8.30. The Hall–Kier alpha value is -2.77. The second kappa shape index (κ2) is 7.09. The second-order valence-corrected chi connectivity index (χ2v) is 7.41. The van der Waals surface area contributed by atoms with Crippen molar-refractivity contribution in [3.05, 3.63) is 70.8 Å². The maximum absolute atomic E-state index is 13.0. The van der Waals surface area contributed by atoms with Crippen LogP contribution in [0.1, 0.15) is 29.1 Å². The minimum atomic E-state index is -0.172. The van der Waals surface area contributed by atoms with Crippen LogP contribution in [0.5, 0.6) is 0 Å². The molecule has 0 saturated carbocycles. The Balaban J connectivity index is 1.65. The number of benzene rings is 1. The van der Waals surface area contributed by atoms with Crippen LogP contribution in [0.4, 0.5) is 0 Å². The Labute approximate surface area is 165 Å². The fraction of sp³-hybridized carbons (Fsp3) is 0.158. The summed E-state index contributed by atoms with van der Waals surface area (Å²) in [4.78, 5) is 28.3. The first-order valence-corrected chi connectivity index (χ1v) is 9.56. The van der Waals surface area contributed by atoms with Gasteiger partial charge in [-0.15, -0.1) is 11.3 Å². The zero-order chi connectivity index (χ0) is 19.0. The minimum Gasteiger partial charge on any atom is -0.332 e. The smallest absolute Gasteiger partial charge is 0.272 e. The molecule has 3 heterocycles. The Bertz CT molecular complexity index is 1090. The number of amides is 1. The standard InChI is InChI=1S/C19H16ClN5OS/c1-12(15-7-8-21-11-22-15)24(2)18(26)17-10-27-19-23-16(9-25(17)19)13-3-5-14(20)6-4-13/h3-12H,1-2H3/t12-/m1/s1. The van der Waals surface area contributed by atoms with Gasteiger partial charge in [0.25, 0.3) is 5.91 Å². The van der Waals surface area contributed by atoms with Crippen molar-refractivity contribution < 1.29 is 4.79 Å². The molecule has 6 nitrogen and oxygen atoms in total. The molecule has 0 radical (unpaired) electrons. The van der Waals surface area contributed by atoms with E-state index in [0.29, 0.717) is 10.7 Å². The van der Waals surface area contributed by atoms with Gasteiger partial charge in [-0.25, -0.2) is 15.0 Å². The van der Waals surface area contributed by atoms with Gasteiger partial charge in [0.15, 0.2) is 4.96 Å². The minimum absolute atomic E-state index is 0.0904. The van der Waals surface area contributed by atoms with Gasteiger partial charge in [-0.2, -0.15) is 0 Å². The van der Waals surface area contributed by atoms with Gasteiger partial charge in [0, 0.05) is 35.4 Å². The van der Waals surface area contributed by atoms with Gasteiger partial charge in [0.1, 0.15) is 12.0 Å². The summed E-state index contributed by atoms with van der Waals surface area (Å²) >= 11 is 7.39. The zero-order valence-corrected chi connectivity index (χ0v) is 16.3. The number of fused-ring (bicyclic) bond motifs is 1. The van der Waals surface area contributed by atoms with Gasteiger partial charge in [0.2, 0.25) is 0 Å². The van der Waals surface area contributed by atoms with Gasteiger partial charge < -0.3 is 4.90 Å². The summed E-state index contributed by atoms with van der Waals surface area (Å²) in [6, 6.07) is 9.13. The summed E-state index contributed by atoms with van der Waals surface area (Å²) in [6.45, 7) is 1.94. The highest BCUT2D eigenvalue weighted by molar-refractivity contribution is 7.15. The van der Waals surface area contributed by atoms with Crippen LogP contribution in [0.15, 0.2) is 54.4 Å². The molecule has 8 heteroatoms. The molecular formula is C19H16ClN5OS. The van der Waals surface area contributed by atoms with Crippen molar-refractivity contribution in [2.75, 3.05) is 7.05 Å². The molecule has 0 N–H and O–H groups in total. The summed E-state index contributed by atoms with van der Waals surface area (Å²) < 4.78 is 1.83. The summed E-state index contributed by atoms with van der Waals surface area (Å²) in [7, 11) is 1.77. The van der Waals surface area contributed by atoms with Crippen molar-refractivity contribution in [3.63, 3.8) is 0 Å². The molecule has 0 aliphatic carbocycles. The third-order valence-electron chi connectivity index (χ3n) is 4.50. The Kier molecular flexibility index (Phi) is 4.63. The lowest BCUT2D eigenvalue weighted by atomic mass is 10.2. The first-order chi connectivity index (χ1) is 13.0. The predicted octanol–water partition coefficient (Wildman–Crippen LogP) is 4.34. The van der Waals surface area contributed by atoms with Crippen molar-refractivity contribution in [2.24, 2.45) is 0 Å². The van der Waals surface area contributed by atoms with Crippen molar-refractivity contribution in [1.82, 2.24) is 24.3 Å². The lowest BCUT2D eigenvalue weighted by Crippen LogP contribution is -2.30. The molecule has 3 aromatic heterocycles. The number of imidazole rings is 1. The summed E-state index contributed by atoms with van der Waals surface area (Å²) in [5.74, 6) is -0.0904. The van der Waals surface area contributed by atoms with Crippen molar-refractivity contribution >= 4 is 33.8 Å². The molecule has 0 unspecified atom stereocenters. The van der Waals surface area contributed by atoms with Crippen LogP contribution in [-0.2, 0) is 0 Å². The van der Waals surface area contributed by atoms with Gasteiger partial charge in [-0.05, 0) is 25.1 Å². The molecule has 0 spiro atoms. The van der Waals surface area contributed by atoms with E-state index in [9.17, 15) is 4.79 Å². The summed E-state index contributed by atoms with van der Waals surface area (Å²) in [6.07, 6.45) is 5.04. The average molecular weight is 398 g/mol. The topological polar surface area (TPSA) is 63.4 Å². The van der Waals surface area contributed by atoms with Crippen LogP contribution in [-0.4, -0.2) is 37.2 Å². The number of nitrogens with zero attached hydrogens (tertiary/aromatic N) is 5. The van der Waals surface area contributed by atoms with Crippen LogP contribution in [0.2, 0.25) is 5.02 Å². The van der Waals surface area contributed by atoms with Gasteiger partial charge >= 0.3 is 0 Å². The number of hydrogen-bond donors (Lipinski definition) is 0. The van der Waals surface area contributed by atoms with E-state index < -0.39 is 0 Å². The molecule has 136 valence electrons. The van der Waals surface area contributed by atoms with Crippen LogP contribution in [0, 0.1) is 0 Å². The quantitative estimate of drug-likeness (QED) is 0.514. The van der Waals surface area contributed by atoms with E-state index in [2.05, 4.69) is 15.0 Å². The van der Waals surface area contributed by atoms with Crippen molar-refractivity contribution in [2.45, 2.75) is 13.0 Å². The van der Waals surface area contributed by atoms with Crippen LogP contribution < -0.4 is 0 Å². The number of rotatable bonds is 4. The van der Waals surface area contributed by atoms with Crippen molar-refractivity contribution in [3.8, 4) is 11.3 Å². The van der Waals surface area contributed by atoms with Gasteiger partial charge in [0.05, 0.1) is 17.4 Å². The molecule has 4 rings (SSSR count). The molecule has 0 aliphatic heterocycles. The number of carbonyl (C=O) groups excluding carboxylic acids is 1. The lowest BCUT2D eigenvalue weighted by Gasteiger charge is -2.24. The molecular weight excluding hydrogens is 382 g/mol. The Morgan fingerprint density at radius 2 is 2.04 bits per heavy atom. The fourth-order valence-electron chi connectivity index (χ4n) is 2.80. The third kappa shape index (κ3) is 3.31. The average Bonchev–Trinajstić information content (AvgIpc) is 3.28. The predicted molar refractivity (Wildman–Crippen MR) is 106 cm³/mol. The Morgan fingerprint density at radius 1 is 1.26 bits per heavy atom. The molecule has 27 heavy (non-hydrogen) atoms. The SMILES string of the molecule is C[C@H](c1ccncn1)N(C)C(=O)c1csc2nc(-c3ccc(Cl)cc3)cn12. The number of aromatic nitrogens is 4. The third-order valence-corrected chi connectivity index (χ3v) is 5.59. The number of hydrogen-bond acceptors (Lipinski definition) is 5. The molecule has 4 aromatic rings. The van der Waals surface area contributed by atoms with Crippen LogP contribution in [0.25, 0.3) is 16.2 Å². The molecule has 0 aliphatic rings. The Morgan fingerprint density at radius 3 is 2.74 bits per heavy atom. The second-order valence-electron chi connectivity index (χ2n) is 6.13. The number of thiazole rings is 1. The highest BCUT2D eigenvalue weighted by Gasteiger charge is 2.23. The van der Waals surface area contributed by atoms with E-state index in [1.807, 2.05) is 53.2 Å². The molecule has 0 fully saturated rings. The molecule has 1 amide bonds. The largest absolute Gasteiger partial charge is 0.332 e. The monoisotopic (exact) mass is 397 g/mol. The highest BCUT2D eigenvalue weighted by atomic mass is 35.5. The van der Waals surface area contributed by atoms with Gasteiger partial charge in [-0.1, -0.05) is 23.7 Å².